The van der Waals surface area contributed by atoms with Gasteiger partial charge in [-0.25, -0.2) is 9.59 Å². The van der Waals surface area contributed by atoms with Crippen molar-refractivity contribution in [2.45, 2.75) is 18.8 Å². The molecular formula is C17H20N4O4. The molecule has 132 valence electrons. The van der Waals surface area contributed by atoms with Crippen LogP contribution in [0, 0.1) is 0 Å². The molecular weight excluding hydrogens is 324 g/mol. The van der Waals surface area contributed by atoms with Crippen molar-refractivity contribution in [1.82, 2.24) is 20.0 Å². The lowest BCUT2D eigenvalue weighted by Crippen LogP contribution is -2.58. The van der Waals surface area contributed by atoms with E-state index in [2.05, 4.69) is 10.4 Å². The van der Waals surface area contributed by atoms with E-state index in [1.165, 1.54) is 15.8 Å². The Morgan fingerprint density at radius 1 is 1.36 bits per heavy atom. The molecule has 2 heterocycles. The Morgan fingerprint density at radius 2 is 2.08 bits per heavy atom. The molecule has 2 N–H and O–H groups in total. The van der Waals surface area contributed by atoms with Gasteiger partial charge in [-0.05, 0) is 5.56 Å². The van der Waals surface area contributed by atoms with Crippen LogP contribution in [-0.2, 0) is 23.2 Å². The van der Waals surface area contributed by atoms with E-state index in [9.17, 15) is 14.7 Å². The quantitative estimate of drug-likeness (QED) is 0.820. The van der Waals surface area contributed by atoms with Gasteiger partial charge in [-0.3, -0.25) is 4.68 Å². The third-order valence-electron chi connectivity index (χ3n) is 4.04. The summed E-state index contributed by atoms with van der Waals surface area (Å²) in [7, 11) is 1.69. The summed E-state index contributed by atoms with van der Waals surface area (Å²) in [5, 5.41) is 15.8. The molecule has 1 fully saturated rings. The molecule has 1 unspecified atom stereocenters. The summed E-state index contributed by atoms with van der Waals surface area (Å²) in [6.07, 6.45) is 2.97. The molecule has 3 rings (SSSR count). The monoisotopic (exact) mass is 344 g/mol. The van der Waals surface area contributed by atoms with Crippen molar-refractivity contribution in [2.75, 3.05) is 13.1 Å². The van der Waals surface area contributed by atoms with Crippen LogP contribution in [0.25, 0.3) is 0 Å². The maximum absolute atomic E-state index is 12.2. The molecule has 0 spiro atoms. The van der Waals surface area contributed by atoms with E-state index in [0.29, 0.717) is 25.3 Å². The van der Waals surface area contributed by atoms with Crippen LogP contribution in [0.2, 0.25) is 0 Å². The van der Waals surface area contributed by atoms with Crippen molar-refractivity contribution >= 4 is 12.0 Å². The highest BCUT2D eigenvalue weighted by Crippen LogP contribution is 2.17. The number of aryl methyl sites for hydroxylation is 1. The van der Waals surface area contributed by atoms with E-state index in [4.69, 9.17) is 4.74 Å². The number of nitrogens with zero attached hydrogens (tertiary/aromatic N) is 3. The second kappa shape index (κ2) is 7.35. The Labute approximate surface area is 145 Å². The summed E-state index contributed by atoms with van der Waals surface area (Å²) in [6.45, 7) is 1.38. The number of aromatic nitrogens is 2. The molecule has 8 heteroatoms. The van der Waals surface area contributed by atoms with Crippen LogP contribution in [0.5, 0.6) is 0 Å². The van der Waals surface area contributed by atoms with Crippen LogP contribution in [0.1, 0.15) is 17.2 Å². The molecule has 1 aromatic heterocycles. The topological polar surface area (TPSA) is 96.7 Å². The van der Waals surface area contributed by atoms with Crippen molar-refractivity contribution in [3.8, 4) is 0 Å². The zero-order valence-corrected chi connectivity index (χ0v) is 13.8. The average molecular weight is 344 g/mol. The van der Waals surface area contributed by atoms with E-state index >= 15 is 0 Å². The molecule has 1 aliphatic rings. The fourth-order valence-corrected chi connectivity index (χ4v) is 2.59. The smallest absolute Gasteiger partial charge is 0.331 e. The molecule has 0 bridgehead atoms. The fourth-order valence-electron chi connectivity index (χ4n) is 2.59. The Morgan fingerprint density at radius 3 is 2.68 bits per heavy atom. The number of carboxylic acids is 1. The predicted octanol–water partition coefficient (Wildman–Crippen LogP) is 1.16. The highest BCUT2D eigenvalue weighted by Gasteiger charge is 2.34. The van der Waals surface area contributed by atoms with Gasteiger partial charge in [0.15, 0.2) is 6.04 Å². The number of nitrogens with one attached hydrogen (secondary N) is 1. The maximum atomic E-state index is 12.2. The van der Waals surface area contributed by atoms with Crippen LogP contribution in [0.4, 0.5) is 4.79 Å². The summed E-state index contributed by atoms with van der Waals surface area (Å²) in [5.41, 5.74) is 1.51. The van der Waals surface area contributed by atoms with Gasteiger partial charge in [0, 0.05) is 18.8 Å². The summed E-state index contributed by atoms with van der Waals surface area (Å²) in [5.74, 6) is -1.13. The number of carbonyl (C=O) groups excluding carboxylic acids is 1. The largest absolute Gasteiger partial charge is 0.479 e. The van der Waals surface area contributed by atoms with Crippen molar-refractivity contribution in [3.63, 3.8) is 0 Å². The molecule has 1 aliphatic heterocycles. The van der Waals surface area contributed by atoms with Crippen LogP contribution in [0.3, 0.4) is 0 Å². The molecule has 1 aromatic carbocycles. The Bertz CT molecular complexity index is 740. The molecule has 1 atom stereocenters. The molecule has 8 nitrogen and oxygen atoms in total. The maximum Gasteiger partial charge on any atom is 0.331 e. The zero-order chi connectivity index (χ0) is 17.8. The number of hydrogen-bond donors (Lipinski definition) is 2. The normalized spacial score (nSPS) is 15.5. The first kappa shape index (κ1) is 17.0. The van der Waals surface area contributed by atoms with E-state index in [1.807, 2.05) is 30.3 Å². The van der Waals surface area contributed by atoms with Gasteiger partial charge >= 0.3 is 12.0 Å². The summed E-state index contributed by atoms with van der Waals surface area (Å²) < 4.78 is 7.23. The highest BCUT2D eigenvalue weighted by atomic mass is 16.5. The second-order valence-corrected chi connectivity index (χ2v) is 5.99. The number of carbonyl (C=O) groups is 2. The van der Waals surface area contributed by atoms with Gasteiger partial charge in [-0.1, -0.05) is 30.3 Å². The van der Waals surface area contributed by atoms with Crippen LogP contribution >= 0.6 is 0 Å². The van der Waals surface area contributed by atoms with Crippen LogP contribution in [0.15, 0.2) is 42.7 Å². The number of benzene rings is 1. The van der Waals surface area contributed by atoms with Gasteiger partial charge < -0.3 is 20.1 Å². The van der Waals surface area contributed by atoms with Crippen molar-refractivity contribution in [3.05, 3.63) is 53.9 Å². The fraction of sp³-hybridized carbons (Fsp3) is 0.353. The minimum Gasteiger partial charge on any atom is -0.479 e. The van der Waals surface area contributed by atoms with Crippen molar-refractivity contribution in [2.24, 2.45) is 7.05 Å². The number of carboxylic acid groups (broad SMARTS) is 1. The first-order valence-corrected chi connectivity index (χ1v) is 7.95. The van der Waals surface area contributed by atoms with Gasteiger partial charge in [-0.2, -0.15) is 5.10 Å². The lowest BCUT2D eigenvalue weighted by Gasteiger charge is -2.39. The first-order valence-electron chi connectivity index (χ1n) is 7.95. The number of ether oxygens (including phenoxy) is 1. The standard InChI is InChI=1S/C17H20N4O4/c1-20-8-13(7-18-20)15(16(22)23)19-17(24)21-9-14(10-21)25-11-12-5-3-2-4-6-12/h2-8,14-15H,9-11H2,1H3,(H,19,24)(H,22,23). The Hall–Kier alpha value is -2.87. The average Bonchev–Trinajstić information content (AvgIpc) is 2.98. The van der Waals surface area contributed by atoms with Gasteiger partial charge in [0.2, 0.25) is 0 Å². The molecule has 25 heavy (non-hydrogen) atoms. The lowest BCUT2D eigenvalue weighted by molar-refractivity contribution is -0.139. The molecule has 0 radical (unpaired) electrons. The SMILES string of the molecule is Cn1cc(C(NC(=O)N2CC(OCc3ccccc3)C2)C(=O)O)cn1. The number of aliphatic carboxylic acids is 1. The third kappa shape index (κ3) is 4.16. The lowest BCUT2D eigenvalue weighted by atomic mass is 10.1. The predicted molar refractivity (Wildman–Crippen MR) is 88.7 cm³/mol. The molecule has 0 aliphatic carbocycles. The molecule has 2 amide bonds. The number of hydrogen-bond acceptors (Lipinski definition) is 4. The number of urea groups is 1. The summed E-state index contributed by atoms with van der Waals surface area (Å²) in [4.78, 5) is 25.1. The number of likely N-dealkylation sites (tertiary alicyclic amines) is 1. The van der Waals surface area contributed by atoms with E-state index in [0.717, 1.165) is 5.56 Å². The minimum atomic E-state index is -1.13. The van der Waals surface area contributed by atoms with E-state index in [1.54, 1.807) is 13.2 Å². The van der Waals surface area contributed by atoms with Gasteiger partial charge in [0.1, 0.15) is 0 Å². The van der Waals surface area contributed by atoms with E-state index in [-0.39, 0.29) is 6.10 Å². The van der Waals surface area contributed by atoms with E-state index < -0.39 is 18.0 Å². The Kier molecular flexibility index (Phi) is 4.99. The van der Waals surface area contributed by atoms with Gasteiger partial charge in [-0.15, -0.1) is 0 Å². The highest BCUT2D eigenvalue weighted by molar-refractivity contribution is 5.84. The Balaban J connectivity index is 1.47. The number of rotatable bonds is 6. The molecule has 2 aromatic rings. The van der Waals surface area contributed by atoms with Crippen LogP contribution < -0.4 is 5.32 Å². The van der Waals surface area contributed by atoms with Crippen LogP contribution in [-0.4, -0.2) is 51.0 Å². The molecule has 0 saturated carbocycles. The third-order valence-corrected chi connectivity index (χ3v) is 4.04. The minimum absolute atomic E-state index is 0.0346. The number of amides is 2. The summed E-state index contributed by atoms with van der Waals surface area (Å²) >= 11 is 0. The van der Waals surface area contributed by atoms with Gasteiger partial charge in [0.25, 0.3) is 0 Å². The molecule has 1 saturated heterocycles. The zero-order valence-electron chi connectivity index (χ0n) is 13.8. The van der Waals surface area contributed by atoms with Crippen molar-refractivity contribution in [1.29, 1.82) is 0 Å². The van der Waals surface area contributed by atoms with Crippen molar-refractivity contribution < 1.29 is 19.4 Å². The first-order chi connectivity index (χ1) is 12.0. The summed E-state index contributed by atoms with van der Waals surface area (Å²) in [6, 6.07) is 8.26. The van der Waals surface area contributed by atoms with Gasteiger partial charge in [0.05, 0.1) is 32.0 Å². The second-order valence-electron chi connectivity index (χ2n) is 5.99.